The fourth-order valence-electron chi connectivity index (χ4n) is 3.88. The second-order valence-corrected chi connectivity index (χ2v) is 8.59. The van der Waals surface area contributed by atoms with Crippen LogP contribution < -0.4 is 11.1 Å². The minimum absolute atomic E-state index is 0.106. The van der Waals surface area contributed by atoms with Crippen LogP contribution in [-0.4, -0.2) is 45.7 Å². The molecule has 0 spiro atoms. The first-order valence-corrected chi connectivity index (χ1v) is 11.1. The van der Waals surface area contributed by atoms with E-state index in [0.29, 0.717) is 30.1 Å². The van der Waals surface area contributed by atoms with Crippen LogP contribution in [0.5, 0.6) is 0 Å². The number of carbonyl (C=O) groups excluding carboxylic acids is 1. The number of hydrogen-bond donors (Lipinski definition) is 1. The second kappa shape index (κ2) is 9.11. The lowest BCUT2D eigenvalue weighted by Crippen LogP contribution is -2.44. The molecular formula is C21H26N4O4S. The molecule has 30 heavy (non-hydrogen) atoms. The third-order valence-corrected chi connectivity index (χ3v) is 5.84. The lowest BCUT2D eigenvalue weighted by Gasteiger charge is -2.34. The van der Waals surface area contributed by atoms with Crippen molar-refractivity contribution in [3.05, 3.63) is 45.9 Å². The van der Waals surface area contributed by atoms with E-state index in [-0.39, 0.29) is 18.1 Å². The van der Waals surface area contributed by atoms with Crippen molar-refractivity contribution in [2.24, 2.45) is 0 Å². The number of anilines is 1. The van der Waals surface area contributed by atoms with Gasteiger partial charge in [0.25, 0.3) is 0 Å². The Labute approximate surface area is 178 Å². The molecule has 1 N–H and O–H groups in total. The zero-order chi connectivity index (χ0) is 21.1. The molecule has 4 rings (SSSR count). The van der Waals surface area contributed by atoms with Crippen molar-refractivity contribution in [1.29, 1.82) is 0 Å². The first-order chi connectivity index (χ1) is 14.5. The highest BCUT2D eigenvalue weighted by atomic mass is 32.1. The molecule has 9 heteroatoms. The maximum Gasteiger partial charge on any atom is 0.419 e. The van der Waals surface area contributed by atoms with Gasteiger partial charge in [-0.3, -0.25) is 14.3 Å². The summed E-state index contributed by atoms with van der Waals surface area (Å²) in [6.07, 6.45) is 1.27. The quantitative estimate of drug-likeness (QED) is 0.620. The number of fused-ring (bicyclic) bond motifs is 1. The minimum atomic E-state index is -0.395. The number of aromatic nitrogens is 2. The smallest absolute Gasteiger partial charge is 0.408 e. The monoisotopic (exact) mass is 430 g/mol. The van der Waals surface area contributed by atoms with Crippen LogP contribution in [0, 0.1) is 0 Å². The zero-order valence-electron chi connectivity index (χ0n) is 17.2. The number of benzene rings is 1. The lowest BCUT2D eigenvalue weighted by molar-refractivity contribution is -0.116. The standard InChI is InChI=1S/C21H26N4O4S/c1-14-10-24(11-15(2)28-14)12-16-13-30-20(22-16)23-19(26)8-5-9-25-17-6-3-4-7-18(17)29-21(25)27/h3-4,6-7,13-15H,5,8-12H2,1-2H3,(H,22,23,26)/t14-,15-/m0/s1. The number of ether oxygens (including phenoxy) is 1. The number of aryl methyl sites for hydroxylation is 1. The average molecular weight is 431 g/mol. The summed E-state index contributed by atoms with van der Waals surface area (Å²) in [5.74, 6) is -0.502. The fourth-order valence-corrected chi connectivity index (χ4v) is 4.60. The van der Waals surface area contributed by atoms with Gasteiger partial charge in [-0.15, -0.1) is 11.3 Å². The van der Waals surface area contributed by atoms with Crippen molar-refractivity contribution in [2.75, 3.05) is 18.4 Å². The van der Waals surface area contributed by atoms with Crippen LogP contribution in [0.25, 0.3) is 11.1 Å². The topological polar surface area (TPSA) is 89.6 Å². The van der Waals surface area contributed by atoms with Gasteiger partial charge in [0, 0.05) is 38.0 Å². The van der Waals surface area contributed by atoms with E-state index in [2.05, 4.69) is 29.0 Å². The van der Waals surface area contributed by atoms with Gasteiger partial charge >= 0.3 is 5.76 Å². The van der Waals surface area contributed by atoms with E-state index in [0.717, 1.165) is 30.8 Å². The molecule has 0 aliphatic carbocycles. The Morgan fingerprint density at radius 1 is 1.27 bits per heavy atom. The molecule has 1 amide bonds. The predicted octanol–water partition coefficient (Wildman–Crippen LogP) is 3.08. The molecule has 2 aromatic heterocycles. The van der Waals surface area contributed by atoms with Gasteiger partial charge in [0.1, 0.15) is 0 Å². The van der Waals surface area contributed by atoms with Crippen molar-refractivity contribution in [3.63, 3.8) is 0 Å². The zero-order valence-corrected chi connectivity index (χ0v) is 18.0. The number of oxazole rings is 1. The molecule has 1 fully saturated rings. The summed E-state index contributed by atoms with van der Waals surface area (Å²) < 4.78 is 12.5. The van der Waals surface area contributed by atoms with Gasteiger partial charge in [-0.2, -0.15) is 0 Å². The van der Waals surface area contributed by atoms with E-state index in [4.69, 9.17) is 9.15 Å². The molecule has 3 heterocycles. The maximum atomic E-state index is 12.3. The summed E-state index contributed by atoms with van der Waals surface area (Å²) in [4.78, 5) is 31.1. The molecule has 0 unspecified atom stereocenters. The number of rotatable bonds is 7. The van der Waals surface area contributed by atoms with E-state index in [1.54, 1.807) is 10.6 Å². The third kappa shape index (κ3) is 4.97. The van der Waals surface area contributed by atoms with Crippen LogP contribution in [-0.2, 0) is 22.6 Å². The molecular weight excluding hydrogens is 404 g/mol. The van der Waals surface area contributed by atoms with Crippen LogP contribution in [0.1, 0.15) is 32.4 Å². The van der Waals surface area contributed by atoms with Crippen LogP contribution in [0.3, 0.4) is 0 Å². The lowest BCUT2D eigenvalue weighted by atomic mass is 10.2. The number of morpholine rings is 1. The van der Waals surface area contributed by atoms with Crippen molar-refractivity contribution >= 4 is 33.5 Å². The molecule has 2 atom stereocenters. The number of carbonyl (C=O) groups is 1. The van der Waals surface area contributed by atoms with Crippen LogP contribution in [0.2, 0.25) is 0 Å². The molecule has 0 bridgehead atoms. The summed E-state index contributed by atoms with van der Waals surface area (Å²) in [6, 6.07) is 7.29. The highest BCUT2D eigenvalue weighted by molar-refractivity contribution is 7.13. The Balaban J connectivity index is 1.26. The third-order valence-electron chi connectivity index (χ3n) is 5.04. The van der Waals surface area contributed by atoms with Gasteiger partial charge in [-0.25, -0.2) is 9.78 Å². The molecule has 8 nitrogen and oxygen atoms in total. The van der Waals surface area contributed by atoms with Crippen LogP contribution in [0.4, 0.5) is 5.13 Å². The van der Waals surface area contributed by atoms with Gasteiger partial charge in [-0.05, 0) is 32.4 Å². The molecule has 1 saturated heterocycles. The van der Waals surface area contributed by atoms with Crippen LogP contribution in [0.15, 0.2) is 38.9 Å². The first-order valence-electron chi connectivity index (χ1n) is 10.2. The first kappa shape index (κ1) is 20.8. The minimum Gasteiger partial charge on any atom is -0.408 e. The summed E-state index contributed by atoms with van der Waals surface area (Å²) in [6.45, 7) is 7.10. The molecule has 0 saturated carbocycles. The van der Waals surface area contributed by atoms with Crippen molar-refractivity contribution < 1.29 is 13.9 Å². The Morgan fingerprint density at radius 3 is 2.83 bits per heavy atom. The van der Waals surface area contributed by atoms with E-state index >= 15 is 0 Å². The molecule has 1 aliphatic heterocycles. The number of para-hydroxylation sites is 2. The highest BCUT2D eigenvalue weighted by Gasteiger charge is 2.22. The number of thiazole rings is 1. The Hall–Kier alpha value is -2.49. The largest absolute Gasteiger partial charge is 0.419 e. The summed E-state index contributed by atoms with van der Waals surface area (Å²) >= 11 is 1.43. The van der Waals surface area contributed by atoms with Crippen molar-refractivity contribution in [2.45, 2.75) is 52.0 Å². The second-order valence-electron chi connectivity index (χ2n) is 7.73. The summed E-state index contributed by atoms with van der Waals surface area (Å²) in [7, 11) is 0. The number of nitrogens with one attached hydrogen (secondary N) is 1. The van der Waals surface area contributed by atoms with Crippen molar-refractivity contribution in [3.8, 4) is 0 Å². The normalized spacial score (nSPS) is 19.9. The molecule has 1 aliphatic rings. The van der Waals surface area contributed by atoms with Gasteiger partial charge in [-0.1, -0.05) is 12.1 Å². The van der Waals surface area contributed by atoms with E-state index in [9.17, 15) is 9.59 Å². The Bertz CT molecular complexity index is 1060. The number of hydrogen-bond acceptors (Lipinski definition) is 7. The summed E-state index contributed by atoms with van der Waals surface area (Å²) in [5.41, 5.74) is 2.26. The molecule has 160 valence electrons. The number of nitrogens with zero attached hydrogens (tertiary/aromatic N) is 3. The highest BCUT2D eigenvalue weighted by Crippen LogP contribution is 2.20. The fraction of sp³-hybridized carbons (Fsp3) is 0.476. The van der Waals surface area contributed by atoms with Gasteiger partial charge in [0.2, 0.25) is 5.91 Å². The summed E-state index contributed by atoms with van der Waals surface area (Å²) in [5, 5.41) is 5.45. The molecule has 3 aromatic rings. The van der Waals surface area contributed by atoms with E-state index in [1.807, 2.05) is 23.6 Å². The van der Waals surface area contributed by atoms with E-state index < -0.39 is 5.76 Å². The maximum absolute atomic E-state index is 12.3. The predicted molar refractivity (Wildman–Crippen MR) is 116 cm³/mol. The van der Waals surface area contributed by atoms with Crippen molar-refractivity contribution in [1.82, 2.24) is 14.5 Å². The van der Waals surface area contributed by atoms with Gasteiger partial charge in [0.15, 0.2) is 10.7 Å². The molecule has 0 radical (unpaired) electrons. The van der Waals surface area contributed by atoms with Gasteiger partial charge < -0.3 is 14.5 Å². The Kier molecular flexibility index (Phi) is 6.31. The van der Waals surface area contributed by atoms with E-state index in [1.165, 1.54) is 11.3 Å². The average Bonchev–Trinajstić information content (AvgIpc) is 3.24. The van der Waals surface area contributed by atoms with Crippen LogP contribution >= 0.6 is 11.3 Å². The Morgan fingerprint density at radius 2 is 2.03 bits per heavy atom. The SMILES string of the molecule is C[C@H]1CN(Cc2csc(NC(=O)CCCn3c(=O)oc4ccccc43)n2)C[C@H](C)O1. The van der Waals surface area contributed by atoms with Gasteiger partial charge in [0.05, 0.1) is 23.4 Å². The molecule has 1 aromatic carbocycles. The number of amides is 1.